The molecule has 9 atom stereocenters. The van der Waals surface area contributed by atoms with E-state index in [0.717, 1.165) is 38.0 Å². The Morgan fingerprint density at radius 3 is 2.55 bits per heavy atom. The normalized spacial score (nSPS) is 45.5. The van der Waals surface area contributed by atoms with Gasteiger partial charge in [0.1, 0.15) is 0 Å². The number of carbonyl (C=O) groups is 1. The molecule has 0 saturated heterocycles. The molecule has 2 N–H and O–H groups in total. The third kappa shape index (κ3) is 3.91. The van der Waals surface area contributed by atoms with Crippen LogP contribution >= 0.6 is 0 Å². The molecule has 0 radical (unpaired) electrons. The Labute approximate surface area is 190 Å². The van der Waals surface area contributed by atoms with Crippen LogP contribution in [0.1, 0.15) is 98.8 Å². The van der Waals surface area contributed by atoms with Gasteiger partial charge in [0.15, 0.2) is 0 Å². The first-order valence-electron chi connectivity index (χ1n) is 13.2. The van der Waals surface area contributed by atoms with Crippen LogP contribution in [0.4, 0.5) is 0 Å². The summed E-state index contributed by atoms with van der Waals surface area (Å²) in [6, 6.07) is 0. The average molecular weight is 431 g/mol. The van der Waals surface area contributed by atoms with E-state index in [4.69, 9.17) is 0 Å². The Morgan fingerprint density at radius 1 is 1.13 bits per heavy atom. The van der Waals surface area contributed by atoms with Crippen molar-refractivity contribution in [3.63, 3.8) is 0 Å². The van der Waals surface area contributed by atoms with Gasteiger partial charge in [-0.25, -0.2) is 0 Å². The van der Waals surface area contributed by atoms with Gasteiger partial charge in [-0.05, 0) is 91.3 Å². The summed E-state index contributed by atoms with van der Waals surface area (Å²) >= 11 is 0. The number of carboxylic acid groups (broad SMARTS) is 1. The van der Waals surface area contributed by atoms with Crippen molar-refractivity contribution < 1.29 is 15.0 Å². The van der Waals surface area contributed by atoms with Crippen molar-refractivity contribution in [2.24, 2.45) is 52.3 Å². The quantitative estimate of drug-likeness (QED) is 0.461. The number of hydrogen-bond donors (Lipinski definition) is 2. The maximum absolute atomic E-state index is 12.4. The number of allylic oxidation sites excluding steroid dienone is 1. The molecule has 0 aromatic heterocycles. The van der Waals surface area contributed by atoms with Crippen LogP contribution in [0.25, 0.3) is 0 Å². The van der Waals surface area contributed by atoms with Crippen molar-refractivity contribution in [1.82, 2.24) is 0 Å². The Balaban J connectivity index is 1.59. The zero-order chi connectivity index (χ0) is 22.6. The molecule has 4 aliphatic rings. The Bertz CT molecular complexity index is 711. The van der Waals surface area contributed by atoms with Crippen LogP contribution in [0, 0.1) is 52.3 Å². The highest BCUT2D eigenvalue weighted by atomic mass is 16.4. The number of hydrogen-bond acceptors (Lipinski definition) is 2. The van der Waals surface area contributed by atoms with Gasteiger partial charge in [0.25, 0.3) is 0 Å². The minimum atomic E-state index is -0.549. The first-order valence-corrected chi connectivity index (χ1v) is 13.2. The van der Waals surface area contributed by atoms with E-state index in [-0.39, 0.29) is 22.9 Å². The van der Waals surface area contributed by atoms with Gasteiger partial charge in [0.2, 0.25) is 0 Å². The van der Waals surface area contributed by atoms with Gasteiger partial charge in [-0.1, -0.05) is 65.5 Å². The van der Waals surface area contributed by atoms with Crippen LogP contribution in [0.15, 0.2) is 11.6 Å². The van der Waals surface area contributed by atoms with Crippen LogP contribution in [-0.4, -0.2) is 22.3 Å². The molecule has 0 aliphatic heterocycles. The van der Waals surface area contributed by atoms with Crippen LogP contribution in [0.5, 0.6) is 0 Å². The molecule has 176 valence electrons. The molecule has 1 unspecified atom stereocenters. The Hall–Kier alpha value is -0.830. The second-order valence-electron chi connectivity index (χ2n) is 12.7. The lowest BCUT2D eigenvalue weighted by molar-refractivity contribution is -0.144. The largest absolute Gasteiger partial charge is 0.481 e. The molecule has 3 nitrogen and oxygen atoms in total. The topological polar surface area (TPSA) is 57.5 Å². The van der Waals surface area contributed by atoms with Crippen LogP contribution in [-0.2, 0) is 4.79 Å². The van der Waals surface area contributed by atoms with Crippen molar-refractivity contribution in [2.75, 3.05) is 0 Å². The van der Waals surface area contributed by atoms with E-state index in [9.17, 15) is 15.0 Å². The predicted octanol–water partition coefficient (Wildman–Crippen LogP) is 6.70. The summed E-state index contributed by atoms with van der Waals surface area (Å²) in [6.45, 7) is 11.8. The van der Waals surface area contributed by atoms with Crippen molar-refractivity contribution in [2.45, 2.75) is 105 Å². The van der Waals surface area contributed by atoms with E-state index in [1.807, 2.05) is 0 Å². The summed E-state index contributed by atoms with van der Waals surface area (Å²) in [5, 5.41) is 20.5. The van der Waals surface area contributed by atoms with Gasteiger partial charge in [-0.2, -0.15) is 0 Å². The molecule has 4 rings (SSSR count). The first-order chi connectivity index (χ1) is 14.6. The second-order valence-corrected chi connectivity index (χ2v) is 12.7. The lowest BCUT2D eigenvalue weighted by Crippen LogP contribution is -2.51. The maximum Gasteiger partial charge on any atom is 0.306 e. The maximum atomic E-state index is 12.4. The van der Waals surface area contributed by atoms with Crippen molar-refractivity contribution in [3.8, 4) is 0 Å². The van der Waals surface area contributed by atoms with Crippen LogP contribution in [0.2, 0.25) is 0 Å². The molecule has 0 bridgehead atoms. The zero-order valence-corrected chi connectivity index (χ0v) is 20.6. The van der Waals surface area contributed by atoms with Gasteiger partial charge in [0, 0.05) is 0 Å². The van der Waals surface area contributed by atoms with Crippen molar-refractivity contribution in [3.05, 3.63) is 11.6 Å². The number of carboxylic acids is 1. The van der Waals surface area contributed by atoms with Gasteiger partial charge < -0.3 is 10.2 Å². The monoisotopic (exact) mass is 430 g/mol. The number of fused-ring (bicyclic) bond motifs is 5. The third-order valence-electron chi connectivity index (χ3n) is 10.6. The van der Waals surface area contributed by atoms with E-state index < -0.39 is 5.97 Å². The summed E-state index contributed by atoms with van der Waals surface area (Å²) in [5.74, 6) is 2.63. The van der Waals surface area contributed by atoms with E-state index in [1.54, 1.807) is 0 Å². The minimum absolute atomic E-state index is 0.163. The smallest absolute Gasteiger partial charge is 0.306 e. The number of aliphatic carboxylic acids is 1. The molecule has 3 saturated carbocycles. The fourth-order valence-electron chi connectivity index (χ4n) is 9.06. The molecule has 3 heteroatoms. The molecule has 0 aromatic rings. The van der Waals surface area contributed by atoms with Crippen molar-refractivity contribution in [1.29, 1.82) is 0 Å². The minimum Gasteiger partial charge on any atom is -0.481 e. The fraction of sp³-hybridized carbons (Fsp3) is 0.893. The van der Waals surface area contributed by atoms with Gasteiger partial charge in [-0.15, -0.1) is 0 Å². The SMILES string of the molecule is CC(C)CCC[C@@H](C)[C@@H]1C(C(=O)O)C[C@H]2[C@@H]3CC=C4C[C@@H](O)CC[C@]4(C)[C@H]3CC[C@@]21C. The van der Waals surface area contributed by atoms with E-state index in [2.05, 4.69) is 40.7 Å². The zero-order valence-electron chi connectivity index (χ0n) is 20.6. The highest BCUT2D eigenvalue weighted by Gasteiger charge is 2.62. The molecule has 0 spiro atoms. The van der Waals surface area contributed by atoms with E-state index in [1.165, 1.54) is 37.7 Å². The summed E-state index contributed by atoms with van der Waals surface area (Å²) in [7, 11) is 0. The highest BCUT2D eigenvalue weighted by molar-refractivity contribution is 5.71. The molecule has 0 aromatic carbocycles. The second kappa shape index (κ2) is 8.50. The molecular weight excluding hydrogens is 384 g/mol. The standard InChI is InChI=1S/C28H46O3/c1-17(2)7-6-8-18(3)25-22(26(30)31)16-24-21-10-9-19-15-20(29)11-13-27(19,4)23(21)12-14-28(24,25)5/h9,17-18,20-25,29H,6-8,10-16H2,1-5H3,(H,30,31)/t18-,20+,21-,22?,23+,24+,25-,27+,28+/m1/s1. The van der Waals surface area contributed by atoms with Crippen molar-refractivity contribution >= 4 is 5.97 Å². The lowest BCUT2D eigenvalue weighted by atomic mass is 9.47. The van der Waals surface area contributed by atoms with Crippen LogP contribution in [0.3, 0.4) is 0 Å². The third-order valence-corrected chi connectivity index (χ3v) is 10.6. The molecule has 3 fully saturated rings. The predicted molar refractivity (Wildman–Crippen MR) is 126 cm³/mol. The molecule has 4 aliphatic carbocycles. The van der Waals surface area contributed by atoms with Gasteiger partial charge in [-0.3, -0.25) is 4.79 Å². The van der Waals surface area contributed by atoms with E-state index in [0.29, 0.717) is 29.6 Å². The number of aliphatic hydroxyl groups is 1. The summed E-state index contributed by atoms with van der Waals surface area (Å²) in [6.07, 6.45) is 13.2. The fourth-order valence-corrected chi connectivity index (χ4v) is 9.06. The summed E-state index contributed by atoms with van der Waals surface area (Å²) in [5.41, 5.74) is 1.89. The van der Waals surface area contributed by atoms with E-state index >= 15 is 0 Å². The number of rotatable bonds is 6. The average Bonchev–Trinajstić information content (AvgIpc) is 3.01. The Morgan fingerprint density at radius 2 is 1.87 bits per heavy atom. The summed E-state index contributed by atoms with van der Waals surface area (Å²) < 4.78 is 0. The molecular formula is C28H46O3. The highest BCUT2D eigenvalue weighted by Crippen LogP contribution is 2.68. The summed E-state index contributed by atoms with van der Waals surface area (Å²) in [4.78, 5) is 12.4. The van der Waals surface area contributed by atoms with Crippen LogP contribution < -0.4 is 0 Å². The Kier molecular flexibility index (Phi) is 6.40. The lowest BCUT2D eigenvalue weighted by Gasteiger charge is -2.58. The first kappa shape index (κ1) is 23.3. The van der Waals surface area contributed by atoms with Gasteiger partial charge in [0.05, 0.1) is 12.0 Å². The molecule has 31 heavy (non-hydrogen) atoms. The molecule has 0 heterocycles. The number of aliphatic hydroxyl groups excluding tert-OH is 1. The van der Waals surface area contributed by atoms with Gasteiger partial charge >= 0.3 is 5.97 Å². The molecule has 0 amide bonds.